The van der Waals surface area contributed by atoms with E-state index < -0.39 is 0 Å². The third kappa shape index (κ3) is 5.85. The molecule has 1 amide bonds. The highest BCUT2D eigenvalue weighted by molar-refractivity contribution is 6.32. The molecule has 0 unspecified atom stereocenters. The summed E-state index contributed by atoms with van der Waals surface area (Å²) in [7, 11) is 0. The number of halogens is 1. The Morgan fingerprint density at radius 2 is 2.00 bits per heavy atom. The number of ether oxygens (including phenoxy) is 1. The summed E-state index contributed by atoms with van der Waals surface area (Å²) in [6.07, 6.45) is 6.77. The zero-order valence-corrected chi connectivity index (χ0v) is 16.5. The Morgan fingerprint density at radius 1 is 1.27 bits per heavy atom. The van der Waals surface area contributed by atoms with Gasteiger partial charge >= 0.3 is 0 Å². The largest absolute Gasteiger partial charge is 0.436 e. The predicted molar refractivity (Wildman–Crippen MR) is 105 cm³/mol. The number of rotatable bonds is 5. The van der Waals surface area contributed by atoms with E-state index in [2.05, 4.69) is 36.1 Å². The molecule has 1 N–H and O–H groups in total. The first kappa shape index (κ1) is 19.9. The van der Waals surface area contributed by atoms with E-state index in [4.69, 9.17) is 16.3 Å². The van der Waals surface area contributed by atoms with Crippen LogP contribution in [0.25, 0.3) is 6.08 Å². The van der Waals surface area contributed by atoms with Crippen molar-refractivity contribution in [2.75, 3.05) is 0 Å². The molecule has 0 aliphatic heterocycles. The van der Waals surface area contributed by atoms with Crippen molar-refractivity contribution in [3.63, 3.8) is 0 Å². The van der Waals surface area contributed by atoms with Crippen LogP contribution in [0.4, 0.5) is 0 Å². The lowest BCUT2D eigenvalue weighted by atomic mass is 9.87. The molecular formula is C20H24ClN3O2. The average molecular weight is 374 g/mol. The van der Waals surface area contributed by atoms with Crippen molar-refractivity contribution >= 4 is 23.6 Å². The molecule has 5 nitrogen and oxygen atoms in total. The number of nitrogens with one attached hydrogen (secondary N) is 1. The van der Waals surface area contributed by atoms with Gasteiger partial charge in [-0.1, -0.05) is 44.5 Å². The molecule has 138 valence electrons. The fourth-order valence-corrected chi connectivity index (χ4v) is 2.46. The number of amides is 1. The van der Waals surface area contributed by atoms with Gasteiger partial charge in [-0.2, -0.15) is 0 Å². The Hall–Kier alpha value is -2.40. The van der Waals surface area contributed by atoms with Crippen molar-refractivity contribution in [2.24, 2.45) is 0 Å². The minimum Gasteiger partial charge on any atom is -0.436 e. The maximum absolute atomic E-state index is 11.0. The molecule has 0 aliphatic carbocycles. The molecule has 0 fully saturated rings. The minimum atomic E-state index is -0.0784. The first-order valence-electron chi connectivity index (χ1n) is 8.40. The van der Waals surface area contributed by atoms with E-state index in [1.165, 1.54) is 13.1 Å². The number of carbonyl (C=O) groups excluding carboxylic acids is 1. The third-order valence-corrected chi connectivity index (χ3v) is 3.94. The van der Waals surface area contributed by atoms with E-state index in [9.17, 15) is 4.79 Å². The lowest BCUT2D eigenvalue weighted by Gasteiger charge is -2.19. The summed E-state index contributed by atoms with van der Waals surface area (Å²) >= 11 is 6.32. The van der Waals surface area contributed by atoms with E-state index in [-0.39, 0.29) is 17.4 Å². The van der Waals surface area contributed by atoms with Crippen molar-refractivity contribution in [3.8, 4) is 11.6 Å². The zero-order chi connectivity index (χ0) is 19.3. The minimum absolute atomic E-state index is 0.0182. The Kier molecular flexibility index (Phi) is 6.37. The second kappa shape index (κ2) is 8.32. The molecule has 2 aromatic rings. The Bertz CT molecular complexity index is 796. The van der Waals surface area contributed by atoms with Gasteiger partial charge in [-0.3, -0.25) is 4.79 Å². The Labute approximate surface area is 159 Å². The SMILES string of the molecule is CC(=O)N[C@@H](C)/C=C/c1cnc(Oc2ccc(C(C)(C)C)cc2Cl)cn1. The number of benzene rings is 1. The second-order valence-corrected chi connectivity index (χ2v) is 7.53. The highest BCUT2D eigenvalue weighted by Gasteiger charge is 2.15. The molecule has 1 atom stereocenters. The van der Waals surface area contributed by atoms with Gasteiger partial charge in [-0.15, -0.1) is 0 Å². The Morgan fingerprint density at radius 3 is 2.54 bits per heavy atom. The lowest BCUT2D eigenvalue weighted by molar-refractivity contribution is -0.119. The highest BCUT2D eigenvalue weighted by atomic mass is 35.5. The molecular weight excluding hydrogens is 350 g/mol. The normalized spacial score (nSPS) is 12.8. The molecule has 2 rings (SSSR count). The van der Waals surface area contributed by atoms with Crippen LogP contribution in [0.1, 0.15) is 45.9 Å². The topological polar surface area (TPSA) is 64.1 Å². The standard InChI is InChI=1S/C20H24ClN3O2/c1-13(24-14(2)25)6-8-16-11-23-19(12-22-16)26-18-9-7-15(10-17(18)21)20(3,4)5/h6-13H,1-5H3,(H,24,25)/b8-6+/t13-/m0/s1. The zero-order valence-electron chi connectivity index (χ0n) is 15.7. The first-order valence-corrected chi connectivity index (χ1v) is 8.78. The van der Waals surface area contributed by atoms with Crippen molar-refractivity contribution in [1.82, 2.24) is 15.3 Å². The van der Waals surface area contributed by atoms with E-state index in [0.29, 0.717) is 22.3 Å². The van der Waals surface area contributed by atoms with Crippen LogP contribution in [0.3, 0.4) is 0 Å². The van der Waals surface area contributed by atoms with Crippen LogP contribution in [0, 0.1) is 0 Å². The molecule has 0 bridgehead atoms. The van der Waals surface area contributed by atoms with Crippen molar-refractivity contribution in [3.05, 3.63) is 52.9 Å². The van der Waals surface area contributed by atoms with Crippen LogP contribution in [-0.2, 0) is 10.2 Å². The maximum Gasteiger partial charge on any atom is 0.237 e. The number of hydrogen-bond acceptors (Lipinski definition) is 4. The smallest absolute Gasteiger partial charge is 0.237 e. The monoisotopic (exact) mass is 373 g/mol. The van der Waals surface area contributed by atoms with Gasteiger partial charge in [-0.05, 0) is 36.1 Å². The molecule has 1 aromatic carbocycles. The quantitative estimate of drug-likeness (QED) is 0.820. The third-order valence-electron chi connectivity index (χ3n) is 3.65. The molecule has 0 saturated heterocycles. The summed E-state index contributed by atoms with van der Waals surface area (Å²) in [6, 6.07) is 5.67. The van der Waals surface area contributed by atoms with Crippen molar-refractivity contribution in [2.45, 2.75) is 46.1 Å². The fraction of sp³-hybridized carbons (Fsp3) is 0.350. The summed E-state index contributed by atoms with van der Waals surface area (Å²) in [4.78, 5) is 19.5. The van der Waals surface area contributed by atoms with Gasteiger partial charge in [0.15, 0.2) is 0 Å². The summed E-state index contributed by atoms with van der Waals surface area (Å²) in [5.41, 5.74) is 1.82. The number of nitrogens with zero attached hydrogens (tertiary/aromatic N) is 2. The number of hydrogen-bond donors (Lipinski definition) is 1. The van der Waals surface area contributed by atoms with Crippen LogP contribution in [-0.4, -0.2) is 21.9 Å². The summed E-state index contributed by atoms with van der Waals surface area (Å²) in [5, 5.41) is 3.30. The molecule has 26 heavy (non-hydrogen) atoms. The van der Waals surface area contributed by atoms with Gasteiger partial charge in [0.2, 0.25) is 11.8 Å². The predicted octanol–water partition coefficient (Wildman–Crippen LogP) is 4.76. The number of carbonyl (C=O) groups is 1. The van der Waals surface area contributed by atoms with E-state index in [1.807, 2.05) is 31.2 Å². The van der Waals surface area contributed by atoms with E-state index in [1.54, 1.807) is 12.3 Å². The molecule has 6 heteroatoms. The van der Waals surface area contributed by atoms with Crippen molar-refractivity contribution in [1.29, 1.82) is 0 Å². The van der Waals surface area contributed by atoms with Gasteiger partial charge in [0, 0.05) is 13.0 Å². The molecule has 1 heterocycles. The lowest BCUT2D eigenvalue weighted by Crippen LogP contribution is -2.28. The summed E-state index contributed by atoms with van der Waals surface area (Å²) in [5.74, 6) is 0.824. The van der Waals surface area contributed by atoms with Crippen LogP contribution in [0.5, 0.6) is 11.6 Å². The van der Waals surface area contributed by atoms with Crippen LogP contribution in [0.2, 0.25) is 5.02 Å². The molecule has 0 aliphatic rings. The molecule has 0 saturated carbocycles. The van der Waals surface area contributed by atoms with Gasteiger partial charge in [-0.25, -0.2) is 9.97 Å². The molecule has 0 spiro atoms. The second-order valence-electron chi connectivity index (χ2n) is 7.13. The average Bonchev–Trinajstić information content (AvgIpc) is 2.54. The Balaban J connectivity index is 2.05. The van der Waals surface area contributed by atoms with E-state index in [0.717, 1.165) is 5.56 Å². The maximum atomic E-state index is 11.0. The molecule has 0 radical (unpaired) electrons. The van der Waals surface area contributed by atoms with Gasteiger partial charge in [0.05, 0.1) is 23.1 Å². The van der Waals surface area contributed by atoms with Gasteiger partial charge in [0.25, 0.3) is 0 Å². The van der Waals surface area contributed by atoms with Crippen LogP contribution < -0.4 is 10.1 Å². The van der Waals surface area contributed by atoms with Gasteiger partial charge < -0.3 is 10.1 Å². The van der Waals surface area contributed by atoms with Crippen LogP contribution >= 0.6 is 11.6 Å². The fourth-order valence-electron chi connectivity index (χ4n) is 2.24. The summed E-state index contributed by atoms with van der Waals surface area (Å²) < 4.78 is 5.72. The highest BCUT2D eigenvalue weighted by Crippen LogP contribution is 2.33. The number of aromatic nitrogens is 2. The van der Waals surface area contributed by atoms with E-state index >= 15 is 0 Å². The molecule has 1 aromatic heterocycles. The van der Waals surface area contributed by atoms with Gasteiger partial charge in [0.1, 0.15) is 5.75 Å². The summed E-state index contributed by atoms with van der Waals surface area (Å²) in [6.45, 7) is 9.75. The van der Waals surface area contributed by atoms with Crippen LogP contribution in [0.15, 0.2) is 36.7 Å². The van der Waals surface area contributed by atoms with Crippen molar-refractivity contribution < 1.29 is 9.53 Å². The first-order chi connectivity index (χ1) is 12.1.